The summed E-state index contributed by atoms with van der Waals surface area (Å²) in [6.45, 7) is 15.8. The fraction of sp³-hybridized carbons (Fsp3) is 0.700. The van der Waals surface area contributed by atoms with Crippen molar-refractivity contribution in [3.63, 3.8) is 0 Å². The van der Waals surface area contributed by atoms with Gasteiger partial charge in [-0.25, -0.2) is 0 Å². The van der Waals surface area contributed by atoms with Gasteiger partial charge in [0, 0.05) is 46.3 Å². The number of thioether (sulfide) groups is 1. The number of carbonyl (C=O) groups is 3. The number of ether oxygens (including phenoxy) is 1. The third-order valence-corrected chi connectivity index (χ3v) is 7.77. The molecule has 1 aromatic carbocycles. The molecule has 40 heavy (non-hydrogen) atoms. The lowest BCUT2D eigenvalue weighted by molar-refractivity contribution is -0.136. The van der Waals surface area contributed by atoms with Crippen molar-refractivity contribution >= 4 is 29.2 Å². The number of carbonyl (C=O) groups excluding carboxylic acids is 3. The first-order chi connectivity index (χ1) is 18.4. The van der Waals surface area contributed by atoms with E-state index in [4.69, 9.17) is 16.0 Å². The minimum absolute atomic E-state index is 0.0258. The molecule has 0 unspecified atom stereocenters. The molecule has 1 rings (SSSR count). The number of rotatable bonds is 17. The van der Waals surface area contributed by atoms with Gasteiger partial charge in [0.1, 0.15) is 5.78 Å². The summed E-state index contributed by atoms with van der Waals surface area (Å²) < 4.78 is 5.90. The molecule has 0 aliphatic heterocycles. The van der Waals surface area contributed by atoms with Gasteiger partial charge in [-0.1, -0.05) is 56.2 Å². The Hall–Kier alpha value is -2.39. The highest BCUT2D eigenvalue weighted by molar-refractivity contribution is 8.00. The van der Waals surface area contributed by atoms with Crippen LogP contribution in [-0.4, -0.2) is 58.3 Å². The van der Waals surface area contributed by atoms with Crippen LogP contribution < -0.4 is 11.1 Å². The highest BCUT2D eigenvalue weighted by Gasteiger charge is 2.38. The Bertz CT molecular complexity index is 1010. The second kappa shape index (κ2) is 16.2. The average molecular weight is 576 g/mol. The summed E-state index contributed by atoms with van der Waals surface area (Å²) in [5, 5.41) is 6.61. The summed E-state index contributed by atoms with van der Waals surface area (Å²) in [6, 6.07) is 8.95. The summed E-state index contributed by atoms with van der Waals surface area (Å²) in [5.74, 6) is -1.39. The Balaban J connectivity index is 3.14. The molecule has 10 heteroatoms. The van der Waals surface area contributed by atoms with Crippen molar-refractivity contribution in [2.75, 3.05) is 18.9 Å². The van der Waals surface area contributed by atoms with Crippen molar-refractivity contribution in [2.24, 2.45) is 22.7 Å². The first-order valence-electron chi connectivity index (χ1n) is 13.9. The van der Waals surface area contributed by atoms with Crippen molar-refractivity contribution in [1.29, 1.82) is 0 Å². The van der Waals surface area contributed by atoms with Crippen LogP contribution >= 0.6 is 11.8 Å². The molecule has 3 N–H and O–H groups in total. The fourth-order valence-corrected chi connectivity index (χ4v) is 4.94. The summed E-state index contributed by atoms with van der Waals surface area (Å²) >= 11 is 1.61. The Labute approximate surface area is 244 Å². The van der Waals surface area contributed by atoms with Crippen molar-refractivity contribution < 1.29 is 19.1 Å². The van der Waals surface area contributed by atoms with E-state index in [1.54, 1.807) is 11.8 Å². The zero-order chi connectivity index (χ0) is 30.6. The molecule has 0 aliphatic rings. The number of amides is 1. The first kappa shape index (κ1) is 35.6. The van der Waals surface area contributed by atoms with E-state index < -0.39 is 29.0 Å². The quantitative estimate of drug-likeness (QED) is 0.106. The molecular formula is C30H49N5O4S. The number of nitrogens with zero attached hydrogens (tertiary/aromatic N) is 3. The van der Waals surface area contributed by atoms with Crippen molar-refractivity contribution in [3.05, 3.63) is 46.3 Å². The number of hydrogen-bond acceptors (Lipinski definition) is 7. The SMILES string of the molecule is CC(C)(C)OC[C@H](CC(=O)[C@@H](N)CSC(C)(C)C)C(=O)NC(C)(C)[C@@H](Cc1ccccc1)C(=O)CCCN=[N+]=[N-]. The molecule has 0 spiro atoms. The van der Waals surface area contributed by atoms with E-state index in [2.05, 4.69) is 36.1 Å². The molecule has 0 radical (unpaired) electrons. The van der Waals surface area contributed by atoms with E-state index in [0.29, 0.717) is 18.6 Å². The van der Waals surface area contributed by atoms with Crippen LogP contribution in [-0.2, 0) is 25.5 Å². The van der Waals surface area contributed by atoms with Crippen LogP contribution in [0, 0.1) is 11.8 Å². The summed E-state index contributed by atoms with van der Waals surface area (Å²) in [7, 11) is 0. The van der Waals surface area contributed by atoms with Crippen LogP contribution in [0.1, 0.15) is 80.2 Å². The molecular weight excluding hydrogens is 526 g/mol. The van der Waals surface area contributed by atoms with Crippen molar-refractivity contribution in [2.45, 2.75) is 103 Å². The monoisotopic (exact) mass is 575 g/mol. The standard InChI is InChI=1S/C30H49N5O4S/c1-28(2,3)39-19-22(18-26(37)24(31)20-40-29(4,5)6)27(38)34-30(7,8)23(17-21-13-10-9-11-14-21)25(36)15-12-16-33-35-32/h9-11,13-14,22-24H,12,15-20,31H2,1-8H3,(H,34,38)/t22-,23-,24-/m0/s1. The molecule has 9 nitrogen and oxygen atoms in total. The predicted molar refractivity (Wildman–Crippen MR) is 163 cm³/mol. The van der Waals surface area contributed by atoms with Gasteiger partial charge in [-0.05, 0) is 58.6 Å². The smallest absolute Gasteiger partial charge is 0.226 e. The second-order valence-corrected chi connectivity index (χ2v) is 14.6. The lowest BCUT2D eigenvalue weighted by Gasteiger charge is -2.36. The largest absolute Gasteiger partial charge is 0.375 e. The second-order valence-electron chi connectivity index (χ2n) is 12.8. The summed E-state index contributed by atoms with van der Waals surface area (Å²) in [6.07, 6.45) is 1.04. The number of ketones is 2. The number of hydrogen-bond donors (Lipinski definition) is 2. The number of nitrogens with two attached hydrogens (primary N) is 1. The molecule has 0 heterocycles. The Morgan fingerprint density at radius 1 is 1.05 bits per heavy atom. The minimum atomic E-state index is -0.921. The van der Waals surface area contributed by atoms with Crippen molar-refractivity contribution in [1.82, 2.24) is 5.32 Å². The average Bonchev–Trinajstić information content (AvgIpc) is 2.85. The minimum Gasteiger partial charge on any atom is -0.375 e. The van der Waals surface area contributed by atoms with Crippen molar-refractivity contribution in [3.8, 4) is 0 Å². The molecule has 0 aromatic heterocycles. The van der Waals surface area contributed by atoms with Gasteiger partial charge in [0.25, 0.3) is 0 Å². The summed E-state index contributed by atoms with van der Waals surface area (Å²) in [5.41, 5.74) is 14.3. The normalized spacial score (nSPS) is 14.5. The lowest BCUT2D eigenvalue weighted by Crippen LogP contribution is -2.55. The molecule has 1 aromatic rings. The molecule has 0 saturated carbocycles. The highest BCUT2D eigenvalue weighted by atomic mass is 32.2. The third kappa shape index (κ3) is 14.3. The number of Topliss-reactive ketones (excluding diaryl/α,β-unsaturated/α-hetero) is 2. The number of nitrogens with one attached hydrogen (secondary N) is 1. The molecule has 0 saturated heterocycles. The maximum Gasteiger partial charge on any atom is 0.226 e. The Morgan fingerprint density at radius 2 is 1.68 bits per heavy atom. The molecule has 0 aliphatic carbocycles. The maximum absolute atomic E-state index is 13.7. The van der Waals surface area contributed by atoms with Gasteiger partial charge in [0.05, 0.1) is 24.2 Å². The van der Waals surface area contributed by atoms with Crippen LogP contribution in [0.25, 0.3) is 10.4 Å². The molecule has 3 atom stereocenters. The van der Waals surface area contributed by atoms with Gasteiger partial charge >= 0.3 is 0 Å². The van der Waals surface area contributed by atoms with Gasteiger partial charge in [-0.15, -0.1) is 0 Å². The van der Waals surface area contributed by atoms with Crippen LogP contribution in [0.15, 0.2) is 35.4 Å². The van der Waals surface area contributed by atoms with E-state index >= 15 is 0 Å². The fourth-order valence-electron chi connectivity index (χ4n) is 4.08. The topological polar surface area (TPSA) is 147 Å². The lowest BCUT2D eigenvalue weighted by atomic mass is 9.78. The predicted octanol–water partition coefficient (Wildman–Crippen LogP) is 5.65. The van der Waals surface area contributed by atoms with Crippen LogP contribution in [0.3, 0.4) is 0 Å². The van der Waals surface area contributed by atoms with Crippen LogP contribution in [0.5, 0.6) is 0 Å². The molecule has 224 valence electrons. The summed E-state index contributed by atoms with van der Waals surface area (Å²) in [4.78, 5) is 42.9. The highest BCUT2D eigenvalue weighted by Crippen LogP contribution is 2.27. The number of azide groups is 1. The van der Waals surface area contributed by atoms with E-state index in [0.717, 1.165) is 5.56 Å². The van der Waals surface area contributed by atoms with Crippen LogP contribution in [0.2, 0.25) is 0 Å². The molecule has 0 fully saturated rings. The van der Waals surface area contributed by atoms with Gasteiger partial charge < -0.3 is 15.8 Å². The number of benzene rings is 1. The van der Waals surface area contributed by atoms with Crippen LogP contribution in [0.4, 0.5) is 0 Å². The Kier molecular flexibility index (Phi) is 14.4. The Morgan fingerprint density at radius 3 is 2.23 bits per heavy atom. The van der Waals surface area contributed by atoms with E-state index in [9.17, 15) is 14.4 Å². The first-order valence-corrected chi connectivity index (χ1v) is 14.9. The zero-order valence-electron chi connectivity index (χ0n) is 25.5. The van der Waals surface area contributed by atoms with E-state index in [1.165, 1.54) is 0 Å². The zero-order valence-corrected chi connectivity index (χ0v) is 26.3. The van der Waals surface area contributed by atoms with E-state index in [-0.39, 0.29) is 48.2 Å². The molecule has 1 amide bonds. The maximum atomic E-state index is 13.7. The van der Waals surface area contributed by atoms with Gasteiger partial charge in [-0.2, -0.15) is 11.8 Å². The van der Waals surface area contributed by atoms with Gasteiger partial charge in [-0.3, -0.25) is 14.4 Å². The third-order valence-electron chi connectivity index (χ3n) is 6.38. The molecule has 0 bridgehead atoms. The van der Waals surface area contributed by atoms with Gasteiger partial charge in [0.2, 0.25) is 5.91 Å². The van der Waals surface area contributed by atoms with E-state index in [1.807, 2.05) is 65.0 Å². The van der Waals surface area contributed by atoms with Gasteiger partial charge in [0.15, 0.2) is 5.78 Å².